The van der Waals surface area contributed by atoms with Crippen LogP contribution in [0.1, 0.15) is 24.3 Å². The zero-order valence-electron chi connectivity index (χ0n) is 13.0. The fraction of sp³-hybridized carbons (Fsp3) is 0.588. The van der Waals surface area contributed by atoms with Gasteiger partial charge in [-0.25, -0.2) is 0 Å². The zero-order valence-corrected chi connectivity index (χ0v) is 13.0. The number of morpholine rings is 1. The van der Waals surface area contributed by atoms with E-state index in [0.717, 1.165) is 5.56 Å². The molecule has 3 aliphatic heterocycles. The number of aliphatic hydroxyl groups is 1. The summed E-state index contributed by atoms with van der Waals surface area (Å²) < 4.78 is 10.9. The van der Waals surface area contributed by atoms with Crippen LogP contribution in [-0.2, 0) is 14.3 Å². The molecule has 6 heteroatoms. The molecule has 4 rings (SSSR count). The minimum absolute atomic E-state index is 0.0361. The minimum Gasteiger partial charge on any atom is -0.632 e. The van der Waals surface area contributed by atoms with Crippen molar-refractivity contribution in [2.45, 2.75) is 49.2 Å². The maximum atomic E-state index is 12.6. The van der Waals surface area contributed by atoms with Crippen molar-refractivity contribution in [3.63, 3.8) is 0 Å². The van der Waals surface area contributed by atoms with Gasteiger partial charge in [0.05, 0.1) is 13.7 Å². The number of piperidine rings is 1. The predicted octanol–water partition coefficient (Wildman–Crippen LogP) is 0.931. The third-order valence-corrected chi connectivity index (χ3v) is 5.60. The fourth-order valence-corrected chi connectivity index (χ4v) is 4.25. The van der Waals surface area contributed by atoms with Gasteiger partial charge in [-0.05, 0) is 5.56 Å². The predicted molar refractivity (Wildman–Crippen MR) is 81.2 cm³/mol. The molecule has 0 spiro atoms. The van der Waals surface area contributed by atoms with Crippen molar-refractivity contribution in [1.82, 2.24) is 0 Å². The molecule has 0 saturated carbocycles. The number of fused-ring (bicyclic) bond motifs is 5. The number of carbonyl (C=O) groups is 1. The number of quaternary nitrogens is 1. The molecule has 0 amide bonds. The van der Waals surface area contributed by atoms with Crippen LogP contribution in [0.25, 0.3) is 0 Å². The van der Waals surface area contributed by atoms with E-state index >= 15 is 0 Å². The number of likely N-dealkylation sites (N-methyl/N-ethyl adjacent to an activating group) is 1. The number of nitrogens with zero attached hydrogens (tertiary/aromatic N) is 1. The molecular formula is C17H21NO5. The Balaban J connectivity index is 1.44. The Bertz CT molecular complexity index is 584. The third kappa shape index (κ3) is 2.37. The smallest absolute Gasteiger partial charge is 0.316 e. The van der Waals surface area contributed by atoms with E-state index in [1.165, 1.54) is 0 Å². The number of rotatable bonds is 4. The number of epoxide rings is 1. The van der Waals surface area contributed by atoms with Crippen LogP contribution in [0, 0.1) is 5.21 Å². The quantitative estimate of drug-likeness (QED) is 0.386. The maximum absolute atomic E-state index is 12.6. The van der Waals surface area contributed by atoms with Gasteiger partial charge < -0.3 is 24.4 Å². The molecule has 2 bridgehead atoms. The number of hydroxylamine groups is 3. The second-order valence-electron chi connectivity index (χ2n) is 6.94. The van der Waals surface area contributed by atoms with E-state index < -0.39 is 11.9 Å². The SMILES string of the molecule is C[N+]1([O-])[C@H]2CC(OC(=O)[C@@H](CO)c3ccccc3)C[C@H]1[C@H]1O[C@@H]12. The summed E-state index contributed by atoms with van der Waals surface area (Å²) in [5.41, 5.74) is 0.745. The van der Waals surface area contributed by atoms with E-state index in [4.69, 9.17) is 9.47 Å². The summed E-state index contributed by atoms with van der Waals surface area (Å²) >= 11 is 0. The summed E-state index contributed by atoms with van der Waals surface area (Å²) in [6, 6.07) is 8.86. The highest BCUT2D eigenvalue weighted by molar-refractivity contribution is 5.78. The van der Waals surface area contributed by atoms with Crippen molar-refractivity contribution in [2.24, 2.45) is 0 Å². The largest absolute Gasteiger partial charge is 0.632 e. The average molecular weight is 319 g/mol. The summed E-state index contributed by atoms with van der Waals surface area (Å²) in [5.74, 6) is -1.09. The Hall–Kier alpha value is -1.47. The molecule has 0 aromatic heterocycles. The zero-order chi connectivity index (χ0) is 16.2. The molecule has 23 heavy (non-hydrogen) atoms. The van der Waals surface area contributed by atoms with Gasteiger partial charge in [-0.15, -0.1) is 0 Å². The lowest BCUT2D eigenvalue weighted by atomic mass is 9.97. The van der Waals surface area contributed by atoms with Crippen LogP contribution < -0.4 is 0 Å². The van der Waals surface area contributed by atoms with E-state index in [2.05, 4.69) is 0 Å². The summed E-state index contributed by atoms with van der Waals surface area (Å²) in [6.07, 6.45) is 0.891. The molecule has 1 aromatic carbocycles. The maximum Gasteiger partial charge on any atom is 0.316 e. The fourth-order valence-electron chi connectivity index (χ4n) is 4.25. The van der Waals surface area contributed by atoms with Crippen LogP contribution in [0.4, 0.5) is 0 Å². The summed E-state index contributed by atoms with van der Waals surface area (Å²) in [4.78, 5) is 12.4. The average Bonchev–Trinajstić information content (AvgIpc) is 3.27. The lowest BCUT2D eigenvalue weighted by Gasteiger charge is -2.51. The lowest BCUT2D eigenvalue weighted by Crippen LogP contribution is -2.58. The topological polar surface area (TPSA) is 82.1 Å². The number of hydrogen-bond acceptors (Lipinski definition) is 5. The number of aliphatic hydroxyl groups excluding tert-OH is 1. The Morgan fingerprint density at radius 2 is 1.96 bits per heavy atom. The lowest BCUT2D eigenvalue weighted by molar-refractivity contribution is -0.911. The van der Waals surface area contributed by atoms with Crippen LogP contribution in [0.3, 0.4) is 0 Å². The molecule has 3 heterocycles. The first-order valence-corrected chi connectivity index (χ1v) is 8.11. The van der Waals surface area contributed by atoms with E-state index in [0.29, 0.717) is 12.8 Å². The first-order chi connectivity index (χ1) is 11.0. The van der Waals surface area contributed by atoms with Crippen molar-refractivity contribution in [3.05, 3.63) is 41.1 Å². The van der Waals surface area contributed by atoms with Crippen molar-refractivity contribution in [1.29, 1.82) is 0 Å². The Morgan fingerprint density at radius 1 is 1.35 bits per heavy atom. The highest BCUT2D eigenvalue weighted by Gasteiger charge is 2.69. The minimum atomic E-state index is -0.672. The highest BCUT2D eigenvalue weighted by Crippen LogP contribution is 2.52. The van der Waals surface area contributed by atoms with Gasteiger partial charge in [0, 0.05) is 12.8 Å². The summed E-state index contributed by atoms with van der Waals surface area (Å²) in [7, 11) is 1.70. The van der Waals surface area contributed by atoms with Gasteiger partial charge in [-0.2, -0.15) is 0 Å². The number of carbonyl (C=O) groups excluding carboxylic acids is 1. The van der Waals surface area contributed by atoms with Gasteiger partial charge in [-0.1, -0.05) is 30.3 Å². The molecule has 1 aromatic rings. The van der Waals surface area contributed by atoms with Crippen molar-refractivity contribution >= 4 is 5.97 Å². The Kier molecular flexibility index (Phi) is 3.46. The van der Waals surface area contributed by atoms with Crippen LogP contribution in [0.2, 0.25) is 0 Å². The molecular weight excluding hydrogens is 298 g/mol. The Labute approximate surface area is 134 Å². The molecule has 1 N–H and O–H groups in total. The van der Waals surface area contributed by atoms with Gasteiger partial charge in [0.1, 0.15) is 36.3 Å². The van der Waals surface area contributed by atoms with Gasteiger partial charge >= 0.3 is 5.97 Å². The molecule has 3 fully saturated rings. The molecule has 0 unspecified atom stereocenters. The first kappa shape index (κ1) is 15.1. The number of esters is 1. The standard InChI is InChI=1S/C17H21NO5/c1-18(21)13-7-11(8-14(18)16-15(13)23-16)22-17(20)12(9-19)10-5-3-2-4-6-10/h2-6,11-16,19H,7-9H2,1H3/t11?,12-,13-,14-,15+,16+,18?/m0/s1. The molecule has 0 radical (unpaired) electrons. The second kappa shape index (κ2) is 5.27. The molecule has 0 aliphatic carbocycles. The van der Waals surface area contributed by atoms with Gasteiger partial charge in [0.25, 0.3) is 0 Å². The molecule has 3 aliphatic rings. The highest BCUT2D eigenvalue weighted by atomic mass is 16.6. The van der Waals surface area contributed by atoms with Crippen LogP contribution in [0.15, 0.2) is 30.3 Å². The van der Waals surface area contributed by atoms with E-state index in [-0.39, 0.29) is 41.6 Å². The summed E-state index contributed by atoms with van der Waals surface area (Å²) in [5, 5.41) is 22.2. The normalized spacial score (nSPS) is 42.0. The van der Waals surface area contributed by atoms with Crippen molar-refractivity contribution in [3.8, 4) is 0 Å². The van der Waals surface area contributed by atoms with Crippen LogP contribution >= 0.6 is 0 Å². The third-order valence-electron chi connectivity index (χ3n) is 5.60. The van der Waals surface area contributed by atoms with E-state index in [9.17, 15) is 15.1 Å². The van der Waals surface area contributed by atoms with Crippen LogP contribution in [-0.4, -0.2) is 59.8 Å². The van der Waals surface area contributed by atoms with Gasteiger partial charge in [-0.3, -0.25) is 4.79 Å². The van der Waals surface area contributed by atoms with Gasteiger partial charge in [0.15, 0.2) is 0 Å². The van der Waals surface area contributed by atoms with E-state index in [1.807, 2.05) is 18.2 Å². The van der Waals surface area contributed by atoms with Crippen molar-refractivity contribution < 1.29 is 24.0 Å². The molecule has 5 atom stereocenters. The molecule has 124 valence electrons. The first-order valence-electron chi connectivity index (χ1n) is 8.11. The molecule has 3 saturated heterocycles. The molecule has 6 nitrogen and oxygen atoms in total. The second-order valence-corrected chi connectivity index (χ2v) is 6.94. The number of benzene rings is 1. The Morgan fingerprint density at radius 3 is 2.52 bits per heavy atom. The number of ether oxygens (including phenoxy) is 2. The number of hydrogen-bond donors (Lipinski definition) is 1. The van der Waals surface area contributed by atoms with Crippen molar-refractivity contribution in [2.75, 3.05) is 13.7 Å². The van der Waals surface area contributed by atoms with Crippen LogP contribution in [0.5, 0.6) is 0 Å². The van der Waals surface area contributed by atoms with Gasteiger partial charge in [0.2, 0.25) is 0 Å². The monoisotopic (exact) mass is 319 g/mol. The van der Waals surface area contributed by atoms with E-state index in [1.54, 1.807) is 19.2 Å². The summed E-state index contributed by atoms with van der Waals surface area (Å²) in [6.45, 7) is -0.286.